The first-order valence-corrected chi connectivity index (χ1v) is 7.85. The molecule has 3 rings (SSSR count). The highest BCUT2D eigenvalue weighted by atomic mass is 19.1. The number of hydrogen-bond donors (Lipinski definition) is 1. The summed E-state index contributed by atoms with van der Waals surface area (Å²) in [6.45, 7) is 2.06. The van der Waals surface area contributed by atoms with E-state index in [1.54, 1.807) is 19.1 Å². The molecule has 0 aromatic heterocycles. The molecule has 0 amide bonds. The average molecular weight is 336 g/mol. The molecule has 0 spiro atoms. The zero-order chi connectivity index (χ0) is 17.8. The number of rotatable bonds is 5. The van der Waals surface area contributed by atoms with Crippen molar-refractivity contribution in [2.75, 3.05) is 0 Å². The minimum absolute atomic E-state index is 0.0753. The van der Waals surface area contributed by atoms with Gasteiger partial charge in [0.15, 0.2) is 0 Å². The molecule has 0 bridgehead atoms. The quantitative estimate of drug-likeness (QED) is 0.707. The SMILES string of the molecule is Cc1c(F)cc(C(=O)O)cc1-c1cccc(OCc2ccccc2)c1. The molecule has 0 fully saturated rings. The van der Waals surface area contributed by atoms with Gasteiger partial charge in [-0.2, -0.15) is 0 Å². The molecule has 0 saturated carbocycles. The lowest BCUT2D eigenvalue weighted by Crippen LogP contribution is -2.00. The maximum absolute atomic E-state index is 14.1. The summed E-state index contributed by atoms with van der Waals surface area (Å²) in [7, 11) is 0. The van der Waals surface area contributed by atoms with Gasteiger partial charge in [-0.1, -0.05) is 42.5 Å². The summed E-state index contributed by atoms with van der Waals surface area (Å²) in [6.07, 6.45) is 0. The Morgan fingerprint density at radius 1 is 1.04 bits per heavy atom. The number of halogens is 1. The van der Waals surface area contributed by atoms with Crippen molar-refractivity contribution in [2.24, 2.45) is 0 Å². The number of benzene rings is 3. The van der Waals surface area contributed by atoms with Crippen LogP contribution in [-0.4, -0.2) is 11.1 Å². The van der Waals surface area contributed by atoms with E-state index < -0.39 is 11.8 Å². The Kier molecular flexibility index (Phi) is 4.80. The van der Waals surface area contributed by atoms with E-state index in [0.29, 0.717) is 29.0 Å². The maximum Gasteiger partial charge on any atom is 0.335 e. The molecular formula is C21H17FO3. The molecule has 126 valence electrons. The lowest BCUT2D eigenvalue weighted by atomic mass is 9.97. The molecule has 3 nitrogen and oxygen atoms in total. The Balaban J connectivity index is 1.90. The summed E-state index contributed by atoms with van der Waals surface area (Å²) in [5.41, 5.74) is 2.63. The van der Waals surface area contributed by atoms with Gasteiger partial charge in [-0.15, -0.1) is 0 Å². The summed E-state index contributed by atoms with van der Waals surface area (Å²) in [6, 6.07) is 19.5. The molecule has 0 aliphatic carbocycles. The van der Waals surface area contributed by atoms with Gasteiger partial charge in [-0.3, -0.25) is 0 Å². The smallest absolute Gasteiger partial charge is 0.335 e. The van der Waals surface area contributed by atoms with Crippen LogP contribution in [0.4, 0.5) is 4.39 Å². The van der Waals surface area contributed by atoms with Crippen molar-refractivity contribution < 1.29 is 19.0 Å². The first kappa shape index (κ1) is 16.7. The zero-order valence-electron chi connectivity index (χ0n) is 13.7. The summed E-state index contributed by atoms with van der Waals surface area (Å²) in [4.78, 5) is 11.2. The van der Waals surface area contributed by atoms with Gasteiger partial charge < -0.3 is 9.84 Å². The van der Waals surface area contributed by atoms with Gasteiger partial charge >= 0.3 is 5.97 Å². The Morgan fingerprint density at radius 2 is 1.80 bits per heavy atom. The van der Waals surface area contributed by atoms with Gasteiger partial charge in [0.1, 0.15) is 18.2 Å². The van der Waals surface area contributed by atoms with E-state index in [1.807, 2.05) is 42.5 Å². The minimum atomic E-state index is -1.16. The van der Waals surface area contributed by atoms with Gasteiger partial charge in [-0.25, -0.2) is 9.18 Å². The second-order valence-electron chi connectivity index (χ2n) is 5.74. The fourth-order valence-corrected chi connectivity index (χ4v) is 2.60. The van der Waals surface area contributed by atoms with Crippen LogP contribution in [0.15, 0.2) is 66.7 Å². The predicted molar refractivity (Wildman–Crippen MR) is 94.3 cm³/mol. The molecule has 0 heterocycles. The average Bonchev–Trinajstić information content (AvgIpc) is 2.63. The molecule has 0 unspecified atom stereocenters. The highest BCUT2D eigenvalue weighted by Crippen LogP contribution is 2.29. The van der Waals surface area contributed by atoms with Crippen molar-refractivity contribution in [1.29, 1.82) is 0 Å². The molecule has 0 aliphatic rings. The van der Waals surface area contributed by atoms with E-state index in [0.717, 1.165) is 11.6 Å². The molecule has 3 aromatic rings. The van der Waals surface area contributed by atoms with Crippen LogP contribution in [0.25, 0.3) is 11.1 Å². The summed E-state index contributed by atoms with van der Waals surface area (Å²) < 4.78 is 19.9. The van der Waals surface area contributed by atoms with Crippen molar-refractivity contribution in [3.05, 3.63) is 89.2 Å². The number of ether oxygens (including phenoxy) is 1. The lowest BCUT2D eigenvalue weighted by Gasteiger charge is -2.11. The number of carbonyl (C=O) groups is 1. The van der Waals surface area contributed by atoms with Gasteiger partial charge in [0.05, 0.1) is 5.56 Å². The van der Waals surface area contributed by atoms with Crippen LogP contribution in [0.1, 0.15) is 21.5 Å². The third-order valence-corrected chi connectivity index (χ3v) is 3.98. The number of carboxylic acid groups (broad SMARTS) is 1. The normalized spacial score (nSPS) is 10.5. The van der Waals surface area contributed by atoms with E-state index in [9.17, 15) is 9.18 Å². The van der Waals surface area contributed by atoms with E-state index in [2.05, 4.69) is 0 Å². The number of aromatic carboxylic acids is 1. The second kappa shape index (κ2) is 7.18. The minimum Gasteiger partial charge on any atom is -0.489 e. The monoisotopic (exact) mass is 336 g/mol. The van der Waals surface area contributed by atoms with Crippen LogP contribution in [0.2, 0.25) is 0 Å². The zero-order valence-corrected chi connectivity index (χ0v) is 13.7. The van der Waals surface area contributed by atoms with Crippen LogP contribution >= 0.6 is 0 Å². The van der Waals surface area contributed by atoms with Gasteiger partial charge in [0, 0.05) is 0 Å². The third kappa shape index (κ3) is 3.86. The highest BCUT2D eigenvalue weighted by molar-refractivity contribution is 5.90. The number of hydrogen-bond acceptors (Lipinski definition) is 2. The van der Waals surface area contributed by atoms with Crippen LogP contribution in [0, 0.1) is 12.7 Å². The van der Waals surface area contributed by atoms with Crippen molar-refractivity contribution in [1.82, 2.24) is 0 Å². The van der Waals surface area contributed by atoms with Crippen molar-refractivity contribution >= 4 is 5.97 Å². The van der Waals surface area contributed by atoms with Crippen LogP contribution in [-0.2, 0) is 6.61 Å². The summed E-state index contributed by atoms with van der Waals surface area (Å²) >= 11 is 0. The van der Waals surface area contributed by atoms with Crippen molar-refractivity contribution in [3.63, 3.8) is 0 Å². The Hall–Kier alpha value is -3.14. The fourth-order valence-electron chi connectivity index (χ4n) is 2.60. The Labute approximate surface area is 145 Å². The van der Waals surface area contributed by atoms with Crippen molar-refractivity contribution in [2.45, 2.75) is 13.5 Å². The summed E-state index contributed by atoms with van der Waals surface area (Å²) in [5.74, 6) is -1.05. The van der Waals surface area contributed by atoms with Gasteiger partial charge in [-0.05, 0) is 53.4 Å². The number of carboxylic acids is 1. The van der Waals surface area contributed by atoms with Crippen LogP contribution in [0.5, 0.6) is 5.75 Å². The van der Waals surface area contributed by atoms with E-state index in [-0.39, 0.29) is 5.56 Å². The molecule has 0 radical (unpaired) electrons. The van der Waals surface area contributed by atoms with Crippen molar-refractivity contribution in [3.8, 4) is 16.9 Å². The predicted octanol–water partition coefficient (Wildman–Crippen LogP) is 5.08. The van der Waals surface area contributed by atoms with E-state index in [1.165, 1.54) is 6.07 Å². The molecule has 4 heteroatoms. The largest absolute Gasteiger partial charge is 0.489 e. The first-order valence-electron chi connectivity index (χ1n) is 7.85. The molecule has 1 N–H and O–H groups in total. The standard InChI is InChI=1S/C21H17FO3/c1-14-19(11-17(21(23)24)12-20(14)22)16-8-5-9-18(10-16)25-13-15-6-3-2-4-7-15/h2-12H,13H2,1H3,(H,23,24). The molecule has 3 aromatic carbocycles. The van der Waals surface area contributed by atoms with Gasteiger partial charge in [0.2, 0.25) is 0 Å². The maximum atomic E-state index is 14.1. The molecule has 0 saturated heterocycles. The van der Waals surface area contributed by atoms with Gasteiger partial charge in [0.25, 0.3) is 0 Å². The second-order valence-corrected chi connectivity index (χ2v) is 5.74. The third-order valence-electron chi connectivity index (χ3n) is 3.98. The Bertz CT molecular complexity index is 904. The van der Waals surface area contributed by atoms with E-state index in [4.69, 9.17) is 9.84 Å². The van der Waals surface area contributed by atoms with Crippen LogP contribution in [0.3, 0.4) is 0 Å². The van der Waals surface area contributed by atoms with E-state index >= 15 is 0 Å². The van der Waals surface area contributed by atoms with Crippen LogP contribution < -0.4 is 4.74 Å². The topological polar surface area (TPSA) is 46.5 Å². The Morgan fingerprint density at radius 3 is 2.52 bits per heavy atom. The molecule has 0 atom stereocenters. The molecule has 25 heavy (non-hydrogen) atoms. The fraction of sp³-hybridized carbons (Fsp3) is 0.0952. The molecular weight excluding hydrogens is 319 g/mol. The summed E-state index contributed by atoms with van der Waals surface area (Å²) in [5, 5.41) is 9.15. The highest BCUT2D eigenvalue weighted by Gasteiger charge is 2.13. The first-order chi connectivity index (χ1) is 12.0. The molecule has 0 aliphatic heterocycles. The lowest BCUT2D eigenvalue weighted by molar-refractivity contribution is 0.0696.